The van der Waals surface area contributed by atoms with Gasteiger partial charge in [0.05, 0.1) is 5.69 Å². The monoisotopic (exact) mass is 315 g/mol. The molecule has 0 spiro atoms. The maximum Gasteiger partial charge on any atom is 0.212 e. The van der Waals surface area contributed by atoms with Gasteiger partial charge in [-0.25, -0.2) is 4.57 Å². The van der Waals surface area contributed by atoms with Crippen molar-refractivity contribution < 1.29 is 4.57 Å². The maximum atomic E-state index is 4.87. The van der Waals surface area contributed by atoms with Crippen molar-refractivity contribution >= 4 is 0 Å². The highest BCUT2D eigenvalue weighted by Gasteiger charge is 2.38. The minimum absolute atomic E-state index is 0.0630. The summed E-state index contributed by atoms with van der Waals surface area (Å²) in [5, 5.41) is 0. The Labute approximate surface area is 143 Å². The minimum atomic E-state index is -0.0630. The van der Waals surface area contributed by atoms with E-state index in [0.29, 0.717) is 0 Å². The van der Waals surface area contributed by atoms with Crippen LogP contribution in [0.2, 0.25) is 0 Å². The minimum Gasteiger partial charge on any atom is -0.257 e. The average molecular weight is 315 g/mol. The molecule has 0 saturated heterocycles. The predicted molar refractivity (Wildman–Crippen MR) is 97.9 cm³/mol. The van der Waals surface area contributed by atoms with Crippen molar-refractivity contribution in [3.8, 4) is 22.4 Å². The number of aryl methyl sites for hydroxylation is 3. The molecule has 0 aliphatic heterocycles. The van der Waals surface area contributed by atoms with Crippen LogP contribution in [0.5, 0.6) is 0 Å². The largest absolute Gasteiger partial charge is 0.257 e. The molecule has 0 radical (unpaired) electrons. The van der Waals surface area contributed by atoms with Gasteiger partial charge in [0, 0.05) is 34.4 Å². The molecule has 0 bridgehead atoms. The van der Waals surface area contributed by atoms with E-state index in [9.17, 15) is 0 Å². The highest BCUT2D eigenvalue weighted by atomic mass is 14.9. The first-order valence-electron chi connectivity index (χ1n) is 8.48. The van der Waals surface area contributed by atoms with E-state index in [0.717, 1.165) is 5.69 Å². The lowest BCUT2D eigenvalue weighted by molar-refractivity contribution is -0.660. The SMILES string of the molecule is Cc1ccc2c(n1)C(C)(C)c1cc(-c3cccc[n+]3C)c(C)cc1-2. The van der Waals surface area contributed by atoms with Gasteiger partial charge in [-0.3, -0.25) is 4.98 Å². The molecule has 24 heavy (non-hydrogen) atoms. The first-order valence-corrected chi connectivity index (χ1v) is 8.48. The molecule has 3 aromatic rings. The molecule has 0 fully saturated rings. The number of hydrogen-bond acceptors (Lipinski definition) is 1. The lowest BCUT2D eigenvalue weighted by Gasteiger charge is -2.21. The fraction of sp³-hybridized carbons (Fsp3) is 0.273. The van der Waals surface area contributed by atoms with Crippen LogP contribution >= 0.6 is 0 Å². The summed E-state index contributed by atoms with van der Waals surface area (Å²) in [5.74, 6) is 0. The van der Waals surface area contributed by atoms with E-state index in [4.69, 9.17) is 4.98 Å². The second-order valence-electron chi connectivity index (χ2n) is 7.38. The fourth-order valence-corrected chi connectivity index (χ4v) is 3.90. The van der Waals surface area contributed by atoms with E-state index in [-0.39, 0.29) is 5.41 Å². The molecule has 0 saturated carbocycles. The Morgan fingerprint density at radius 2 is 1.71 bits per heavy atom. The second kappa shape index (κ2) is 5.01. The van der Waals surface area contributed by atoms with Crippen molar-refractivity contribution in [2.45, 2.75) is 33.1 Å². The molecule has 0 N–H and O–H groups in total. The van der Waals surface area contributed by atoms with Crippen molar-refractivity contribution in [1.29, 1.82) is 0 Å². The standard InChI is InChI=1S/C22H23N2/c1-14-12-18-16-10-9-15(2)23-21(16)22(3,4)19(18)13-17(14)20-8-6-7-11-24(20)5/h6-13H,1-5H3/q+1. The maximum absolute atomic E-state index is 4.87. The molecular formula is C22H23N2+. The summed E-state index contributed by atoms with van der Waals surface area (Å²) in [6.07, 6.45) is 2.10. The Morgan fingerprint density at radius 1 is 0.917 bits per heavy atom. The predicted octanol–water partition coefficient (Wildman–Crippen LogP) is 4.50. The lowest BCUT2D eigenvalue weighted by Crippen LogP contribution is -2.30. The van der Waals surface area contributed by atoms with Gasteiger partial charge in [-0.1, -0.05) is 26.0 Å². The topological polar surface area (TPSA) is 16.8 Å². The molecular weight excluding hydrogens is 292 g/mol. The third-order valence-electron chi connectivity index (χ3n) is 5.29. The van der Waals surface area contributed by atoms with E-state index >= 15 is 0 Å². The molecule has 2 aromatic heterocycles. The quantitative estimate of drug-likeness (QED) is 0.604. The molecule has 0 amide bonds. The number of hydrogen-bond donors (Lipinski definition) is 0. The third-order valence-corrected chi connectivity index (χ3v) is 5.29. The number of nitrogens with zero attached hydrogens (tertiary/aromatic N) is 2. The van der Waals surface area contributed by atoms with Crippen molar-refractivity contribution in [3.63, 3.8) is 0 Å². The van der Waals surface area contributed by atoms with Crippen LogP contribution in [0.25, 0.3) is 22.4 Å². The zero-order chi connectivity index (χ0) is 17.1. The molecule has 1 aliphatic rings. The molecule has 120 valence electrons. The Morgan fingerprint density at radius 3 is 2.46 bits per heavy atom. The van der Waals surface area contributed by atoms with Crippen LogP contribution in [-0.4, -0.2) is 4.98 Å². The number of pyridine rings is 2. The molecule has 1 aromatic carbocycles. The zero-order valence-corrected chi connectivity index (χ0v) is 15.0. The van der Waals surface area contributed by atoms with Crippen LogP contribution in [0, 0.1) is 13.8 Å². The van der Waals surface area contributed by atoms with Gasteiger partial charge in [0.15, 0.2) is 6.20 Å². The van der Waals surface area contributed by atoms with Gasteiger partial charge in [0.1, 0.15) is 7.05 Å². The Hall–Kier alpha value is -2.48. The van der Waals surface area contributed by atoms with Crippen LogP contribution in [0.3, 0.4) is 0 Å². The Kier molecular flexibility index (Phi) is 3.14. The Balaban J connectivity index is 2.00. The Bertz CT molecular complexity index is 968. The zero-order valence-electron chi connectivity index (χ0n) is 15.0. The summed E-state index contributed by atoms with van der Waals surface area (Å²) in [6.45, 7) is 8.84. The van der Waals surface area contributed by atoms with Gasteiger partial charge in [-0.15, -0.1) is 0 Å². The molecule has 0 atom stereocenters. The smallest absolute Gasteiger partial charge is 0.212 e. The number of rotatable bonds is 1. The fourth-order valence-electron chi connectivity index (χ4n) is 3.90. The van der Waals surface area contributed by atoms with E-state index < -0.39 is 0 Å². The van der Waals surface area contributed by atoms with E-state index in [1.165, 1.54) is 39.2 Å². The van der Waals surface area contributed by atoms with Crippen molar-refractivity contribution in [2.24, 2.45) is 7.05 Å². The van der Waals surface area contributed by atoms with E-state index in [1.54, 1.807) is 0 Å². The normalized spacial score (nSPS) is 14.4. The van der Waals surface area contributed by atoms with Crippen LogP contribution in [-0.2, 0) is 12.5 Å². The first kappa shape index (κ1) is 15.1. The highest BCUT2D eigenvalue weighted by Crippen LogP contribution is 2.49. The average Bonchev–Trinajstić information content (AvgIpc) is 2.75. The van der Waals surface area contributed by atoms with Gasteiger partial charge >= 0.3 is 0 Å². The van der Waals surface area contributed by atoms with Gasteiger partial charge in [0.25, 0.3) is 0 Å². The molecule has 2 heterocycles. The molecule has 2 heteroatoms. The van der Waals surface area contributed by atoms with Gasteiger partial charge in [0.2, 0.25) is 5.69 Å². The summed E-state index contributed by atoms with van der Waals surface area (Å²) in [6, 6.07) is 15.4. The molecule has 0 unspecified atom stereocenters. The van der Waals surface area contributed by atoms with Gasteiger partial charge in [-0.2, -0.15) is 0 Å². The third kappa shape index (κ3) is 2.02. The van der Waals surface area contributed by atoms with Crippen LogP contribution in [0.4, 0.5) is 0 Å². The van der Waals surface area contributed by atoms with Crippen LogP contribution in [0.1, 0.15) is 36.4 Å². The molecule has 4 rings (SSSR count). The second-order valence-corrected chi connectivity index (χ2v) is 7.38. The summed E-state index contributed by atoms with van der Waals surface area (Å²) in [5.41, 5.74) is 10.1. The molecule has 2 nitrogen and oxygen atoms in total. The van der Waals surface area contributed by atoms with Gasteiger partial charge < -0.3 is 0 Å². The summed E-state index contributed by atoms with van der Waals surface area (Å²) < 4.78 is 2.19. The van der Waals surface area contributed by atoms with E-state index in [1.807, 2.05) is 0 Å². The first-order chi connectivity index (χ1) is 11.4. The number of benzene rings is 1. The summed E-state index contributed by atoms with van der Waals surface area (Å²) in [7, 11) is 2.10. The van der Waals surface area contributed by atoms with Crippen LogP contribution in [0.15, 0.2) is 48.7 Å². The van der Waals surface area contributed by atoms with Crippen LogP contribution < -0.4 is 4.57 Å². The lowest BCUT2D eigenvalue weighted by atomic mass is 9.83. The molecule has 1 aliphatic carbocycles. The summed E-state index contributed by atoms with van der Waals surface area (Å²) in [4.78, 5) is 4.87. The number of aromatic nitrogens is 2. The highest BCUT2D eigenvalue weighted by molar-refractivity contribution is 5.83. The van der Waals surface area contributed by atoms with Gasteiger partial charge in [-0.05, 0) is 48.7 Å². The van der Waals surface area contributed by atoms with E-state index in [2.05, 4.69) is 88.0 Å². The summed E-state index contributed by atoms with van der Waals surface area (Å²) >= 11 is 0. The number of fused-ring (bicyclic) bond motifs is 3. The van der Waals surface area contributed by atoms with Crippen molar-refractivity contribution in [1.82, 2.24) is 4.98 Å². The van der Waals surface area contributed by atoms with Crippen molar-refractivity contribution in [3.05, 3.63) is 71.2 Å². The van der Waals surface area contributed by atoms with Crippen molar-refractivity contribution in [2.75, 3.05) is 0 Å².